The molecule has 0 saturated heterocycles. The number of hydrogen-bond donors (Lipinski definition) is 1. The van der Waals surface area contributed by atoms with Crippen LogP contribution >= 0.6 is 24.0 Å². The van der Waals surface area contributed by atoms with E-state index >= 15 is 0 Å². The average Bonchev–Trinajstić information content (AvgIpc) is 2.36. The van der Waals surface area contributed by atoms with Gasteiger partial charge in [0.05, 0.1) is 0 Å². The van der Waals surface area contributed by atoms with E-state index in [4.69, 9.17) is 11.6 Å². The van der Waals surface area contributed by atoms with Gasteiger partial charge in [-0.15, -0.1) is 12.4 Å². The second-order valence-electron chi connectivity index (χ2n) is 2.94. The summed E-state index contributed by atoms with van der Waals surface area (Å²) in [6.45, 7) is 3.09. The van der Waals surface area contributed by atoms with Gasteiger partial charge in [-0.1, -0.05) is 17.7 Å². The minimum atomic E-state index is 0. The third-order valence-electron chi connectivity index (χ3n) is 2.09. The maximum Gasteiger partial charge on any atom is 0.0455 e. The summed E-state index contributed by atoms with van der Waals surface area (Å²) < 4.78 is 0. The van der Waals surface area contributed by atoms with Crippen molar-refractivity contribution in [1.29, 1.82) is 0 Å². The van der Waals surface area contributed by atoms with Crippen molar-refractivity contribution in [3.8, 4) is 0 Å². The van der Waals surface area contributed by atoms with Gasteiger partial charge in [0.2, 0.25) is 0 Å². The average molecular weight is 204 g/mol. The van der Waals surface area contributed by atoms with Crippen molar-refractivity contribution in [3.05, 3.63) is 28.3 Å². The Kier molecular flexibility index (Phi) is 2.86. The lowest BCUT2D eigenvalue weighted by Crippen LogP contribution is -1.90. The molecule has 1 nitrogen and oxygen atoms in total. The molecule has 0 unspecified atom stereocenters. The zero-order valence-electron chi connectivity index (χ0n) is 6.86. The van der Waals surface area contributed by atoms with Crippen molar-refractivity contribution in [2.45, 2.75) is 13.3 Å². The fourth-order valence-electron chi connectivity index (χ4n) is 1.44. The first kappa shape index (κ1) is 9.69. The highest BCUT2D eigenvalue weighted by Crippen LogP contribution is 2.28. The van der Waals surface area contributed by atoms with E-state index < -0.39 is 0 Å². The van der Waals surface area contributed by atoms with E-state index in [1.807, 2.05) is 13.0 Å². The molecule has 1 aromatic rings. The molecule has 1 heterocycles. The molecule has 66 valence electrons. The fraction of sp³-hybridized carbons (Fsp3) is 0.333. The summed E-state index contributed by atoms with van der Waals surface area (Å²) >= 11 is 5.95. The van der Waals surface area contributed by atoms with Crippen LogP contribution in [0.25, 0.3) is 0 Å². The molecule has 0 fully saturated rings. The summed E-state index contributed by atoms with van der Waals surface area (Å²) in [7, 11) is 0. The van der Waals surface area contributed by atoms with Crippen molar-refractivity contribution < 1.29 is 0 Å². The summed E-state index contributed by atoms with van der Waals surface area (Å²) in [4.78, 5) is 0. The standard InChI is InChI=1S/C9H10ClN.ClH/c1-6-4-7-2-3-11-9(7)5-8(6)10;/h4-5,11H,2-3H2,1H3;1H. The molecule has 3 heteroatoms. The van der Waals surface area contributed by atoms with Gasteiger partial charge in [-0.25, -0.2) is 0 Å². The Hall–Kier alpha value is -0.400. The second-order valence-corrected chi connectivity index (χ2v) is 3.34. The van der Waals surface area contributed by atoms with E-state index in [0.717, 1.165) is 18.0 Å². The first-order chi connectivity index (χ1) is 5.27. The molecule has 1 N–H and O–H groups in total. The van der Waals surface area contributed by atoms with Crippen LogP contribution in [0.5, 0.6) is 0 Å². The topological polar surface area (TPSA) is 12.0 Å². The van der Waals surface area contributed by atoms with Crippen LogP contribution in [0.1, 0.15) is 11.1 Å². The van der Waals surface area contributed by atoms with Gasteiger partial charge in [-0.05, 0) is 30.5 Å². The van der Waals surface area contributed by atoms with Crippen molar-refractivity contribution in [2.75, 3.05) is 11.9 Å². The first-order valence-corrected chi connectivity index (χ1v) is 4.18. The largest absolute Gasteiger partial charge is 0.384 e. The Morgan fingerprint density at radius 3 is 2.92 bits per heavy atom. The number of benzene rings is 1. The predicted octanol–water partition coefficient (Wildman–Crippen LogP) is 3.04. The molecule has 0 atom stereocenters. The van der Waals surface area contributed by atoms with Crippen molar-refractivity contribution in [3.63, 3.8) is 0 Å². The summed E-state index contributed by atoms with van der Waals surface area (Å²) in [5.41, 5.74) is 3.78. The van der Waals surface area contributed by atoms with Gasteiger partial charge < -0.3 is 5.32 Å². The highest BCUT2D eigenvalue weighted by atomic mass is 35.5. The quantitative estimate of drug-likeness (QED) is 0.684. The number of aryl methyl sites for hydroxylation is 1. The molecule has 0 spiro atoms. The number of nitrogens with one attached hydrogen (secondary N) is 1. The van der Waals surface area contributed by atoms with Crippen LogP contribution in [0.15, 0.2) is 12.1 Å². The van der Waals surface area contributed by atoms with Crippen molar-refractivity contribution >= 4 is 29.7 Å². The van der Waals surface area contributed by atoms with Gasteiger partial charge in [0, 0.05) is 17.3 Å². The van der Waals surface area contributed by atoms with E-state index in [1.54, 1.807) is 0 Å². The van der Waals surface area contributed by atoms with E-state index in [2.05, 4.69) is 11.4 Å². The highest BCUT2D eigenvalue weighted by Gasteiger charge is 2.10. The van der Waals surface area contributed by atoms with Gasteiger partial charge in [0.25, 0.3) is 0 Å². The van der Waals surface area contributed by atoms with E-state index in [-0.39, 0.29) is 12.4 Å². The van der Waals surface area contributed by atoms with Crippen molar-refractivity contribution in [2.24, 2.45) is 0 Å². The molecule has 12 heavy (non-hydrogen) atoms. The monoisotopic (exact) mass is 203 g/mol. The molecule has 1 aromatic carbocycles. The molecule has 0 bridgehead atoms. The van der Waals surface area contributed by atoms with Crippen LogP contribution in [-0.4, -0.2) is 6.54 Å². The molecular weight excluding hydrogens is 193 g/mol. The molecule has 0 radical (unpaired) electrons. The zero-order valence-corrected chi connectivity index (χ0v) is 8.43. The first-order valence-electron chi connectivity index (χ1n) is 3.80. The summed E-state index contributed by atoms with van der Waals surface area (Å²) in [6.07, 6.45) is 1.13. The Balaban J connectivity index is 0.000000720. The Morgan fingerprint density at radius 1 is 1.42 bits per heavy atom. The van der Waals surface area contributed by atoms with Gasteiger partial charge in [-0.3, -0.25) is 0 Å². The van der Waals surface area contributed by atoms with E-state index in [0.29, 0.717) is 0 Å². The molecule has 0 amide bonds. The van der Waals surface area contributed by atoms with Crippen LogP contribution in [0.4, 0.5) is 5.69 Å². The van der Waals surface area contributed by atoms with E-state index in [1.165, 1.54) is 16.8 Å². The molecule has 1 aliphatic heterocycles. The minimum absolute atomic E-state index is 0. The number of rotatable bonds is 0. The normalized spacial score (nSPS) is 13.2. The van der Waals surface area contributed by atoms with Crippen molar-refractivity contribution in [1.82, 2.24) is 0 Å². The van der Waals surface area contributed by atoms with Crippen LogP contribution in [0, 0.1) is 6.92 Å². The lowest BCUT2D eigenvalue weighted by Gasteiger charge is -2.02. The lowest BCUT2D eigenvalue weighted by molar-refractivity contribution is 1.10. The number of halogens is 2. The SMILES string of the molecule is Cc1cc2c(cc1Cl)NCC2.Cl. The van der Waals surface area contributed by atoms with E-state index in [9.17, 15) is 0 Å². The second kappa shape index (κ2) is 3.55. The van der Waals surface area contributed by atoms with Gasteiger partial charge in [-0.2, -0.15) is 0 Å². The number of anilines is 1. The predicted molar refractivity (Wildman–Crippen MR) is 55.6 cm³/mol. The van der Waals surface area contributed by atoms with Crippen LogP contribution in [-0.2, 0) is 6.42 Å². The molecule has 2 rings (SSSR count). The van der Waals surface area contributed by atoms with Gasteiger partial charge >= 0.3 is 0 Å². The molecule has 1 aliphatic rings. The van der Waals surface area contributed by atoms with Crippen LogP contribution in [0.2, 0.25) is 5.02 Å². The minimum Gasteiger partial charge on any atom is -0.384 e. The summed E-state index contributed by atoms with van der Waals surface area (Å²) in [5, 5.41) is 4.14. The van der Waals surface area contributed by atoms with Gasteiger partial charge in [0.15, 0.2) is 0 Å². The number of fused-ring (bicyclic) bond motifs is 1. The maximum atomic E-state index is 5.95. The zero-order chi connectivity index (χ0) is 7.84. The number of hydrogen-bond acceptors (Lipinski definition) is 1. The van der Waals surface area contributed by atoms with Gasteiger partial charge in [0.1, 0.15) is 0 Å². The fourth-order valence-corrected chi connectivity index (χ4v) is 1.61. The molecule has 0 saturated carbocycles. The Bertz CT molecular complexity index is 268. The third kappa shape index (κ3) is 1.52. The maximum absolute atomic E-state index is 5.95. The molecule has 0 aromatic heterocycles. The molecule has 0 aliphatic carbocycles. The third-order valence-corrected chi connectivity index (χ3v) is 2.50. The Morgan fingerprint density at radius 2 is 2.17 bits per heavy atom. The summed E-state index contributed by atoms with van der Waals surface area (Å²) in [5.74, 6) is 0. The highest BCUT2D eigenvalue weighted by molar-refractivity contribution is 6.31. The Labute approximate surface area is 83.5 Å². The summed E-state index contributed by atoms with van der Waals surface area (Å²) in [6, 6.07) is 4.18. The lowest BCUT2D eigenvalue weighted by atomic mass is 10.1. The van der Waals surface area contributed by atoms with Crippen LogP contribution < -0.4 is 5.32 Å². The molecular formula is C9H11Cl2N. The smallest absolute Gasteiger partial charge is 0.0455 e. The van der Waals surface area contributed by atoms with Crippen LogP contribution in [0.3, 0.4) is 0 Å².